The average Bonchev–Trinajstić information content (AvgIpc) is 2.47. The molecule has 0 heterocycles. The quantitative estimate of drug-likeness (QED) is 0.596. The van der Waals surface area contributed by atoms with Gasteiger partial charge in [0, 0.05) is 16.6 Å². The van der Waals surface area contributed by atoms with Crippen LogP contribution in [0.1, 0.15) is 19.3 Å². The highest BCUT2D eigenvalue weighted by Crippen LogP contribution is 2.36. The summed E-state index contributed by atoms with van der Waals surface area (Å²) in [6.07, 6.45) is -2.03. The van der Waals surface area contributed by atoms with E-state index in [2.05, 4.69) is 5.32 Å². The Kier molecular flexibility index (Phi) is 4.62. The second kappa shape index (κ2) is 6.34. The Hall–Kier alpha value is -2.85. The van der Waals surface area contributed by atoms with E-state index in [-0.39, 0.29) is 17.9 Å². The maximum Gasteiger partial charge on any atom is 0.413 e. The van der Waals surface area contributed by atoms with Crippen molar-refractivity contribution in [2.24, 2.45) is 0 Å². The van der Waals surface area contributed by atoms with E-state index in [0.717, 1.165) is 0 Å². The molecule has 0 amide bonds. The van der Waals surface area contributed by atoms with Crippen LogP contribution in [0.5, 0.6) is 0 Å². The predicted octanol–water partition coefficient (Wildman–Crippen LogP) is 2.72. The highest BCUT2D eigenvalue weighted by Gasteiger charge is 2.46. The van der Waals surface area contributed by atoms with Gasteiger partial charge in [-0.05, 0) is 18.9 Å². The van der Waals surface area contributed by atoms with E-state index in [4.69, 9.17) is 0 Å². The third-order valence-corrected chi connectivity index (χ3v) is 3.58. The second-order valence-corrected chi connectivity index (χ2v) is 5.16. The van der Waals surface area contributed by atoms with E-state index in [9.17, 15) is 38.5 Å². The minimum atomic E-state index is -4.91. The van der Waals surface area contributed by atoms with Gasteiger partial charge in [-0.25, -0.2) is 0 Å². The molecule has 0 spiro atoms. The minimum Gasteiger partial charge on any atom is -0.506 e. The number of aliphatic hydroxyl groups excluding tert-OH is 1. The Balaban J connectivity index is 2.55. The SMILES string of the molecule is O=[N+]([O-])C1=C(NC2=C(O)C=CCC2)C([N+](=O)[O-])CC(C(F)(F)F)=C1. The van der Waals surface area contributed by atoms with Gasteiger partial charge >= 0.3 is 6.18 Å². The number of halogens is 3. The van der Waals surface area contributed by atoms with Crippen LogP contribution in [-0.2, 0) is 0 Å². The summed E-state index contributed by atoms with van der Waals surface area (Å²) in [5.74, 6) is -0.274. The predicted molar refractivity (Wildman–Crippen MR) is 74.7 cm³/mol. The molecule has 1 unspecified atom stereocenters. The van der Waals surface area contributed by atoms with Crippen molar-refractivity contribution in [3.63, 3.8) is 0 Å². The van der Waals surface area contributed by atoms with Crippen LogP contribution in [0, 0.1) is 20.2 Å². The molecule has 8 nitrogen and oxygen atoms in total. The molecule has 0 radical (unpaired) electrons. The Labute approximate surface area is 132 Å². The maximum atomic E-state index is 12.8. The van der Waals surface area contributed by atoms with Crippen molar-refractivity contribution < 1.29 is 28.1 Å². The summed E-state index contributed by atoms with van der Waals surface area (Å²) in [5, 5.41) is 34.4. The van der Waals surface area contributed by atoms with Gasteiger partial charge in [0.25, 0.3) is 11.7 Å². The molecule has 130 valence electrons. The summed E-state index contributed by atoms with van der Waals surface area (Å²) in [5.41, 5.74) is -2.87. The fourth-order valence-corrected chi connectivity index (χ4v) is 2.40. The topological polar surface area (TPSA) is 119 Å². The zero-order valence-electron chi connectivity index (χ0n) is 12.0. The molecule has 1 atom stereocenters. The maximum absolute atomic E-state index is 12.8. The fraction of sp³-hybridized carbons (Fsp3) is 0.385. The van der Waals surface area contributed by atoms with Crippen LogP contribution in [0.2, 0.25) is 0 Å². The van der Waals surface area contributed by atoms with Gasteiger partial charge in [-0.2, -0.15) is 13.2 Å². The molecule has 0 fully saturated rings. The van der Waals surface area contributed by atoms with Crippen LogP contribution in [0.3, 0.4) is 0 Å². The highest BCUT2D eigenvalue weighted by atomic mass is 19.4. The molecule has 2 N–H and O–H groups in total. The van der Waals surface area contributed by atoms with Crippen molar-refractivity contribution in [1.82, 2.24) is 5.32 Å². The standard InChI is InChI=1S/C13H12F3N3O5/c14-13(15,16)7-5-9(18(21)22)12(10(6-7)19(23)24)17-8-3-1-2-4-11(8)20/h2,4-5,10,17,20H,1,3,6H2. The van der Waals surface area contributed by atoms with Gasteiger partial charge < -0.3 is 10.4 Å². The molecule has 0 bridgehead atoms. The normalized spacial score (nSPS) is 21.6. The van der Waals surface area contributed by atoms with Crippen molar-refractivity contribution in [1.29, 1.82) is 0 Å². The fourth-order valence-electron chi connectivity index (χ4n) is 2.40. The number of hydrogen-bond acceptors (Lipinski definition) is 6. The van der Waals surface area contributed by atoms with E-state index < -0.39 is 45.5 Å². The first kappa shape index (κ1) is 17.5. The monoisotopic (exact) mass is 347 g/mol. The number of allylic oxidation sites excluding steroid dienone is 4. The van der Waals surface area contributed by atoms with Crippen LogP contribution in [0.25, 0.3) is 0 Å². The number of aliphatic hydroxyl groups is 1. The lowest BCUT2D eigenvalue weighted by Crippen LogP contribution is -2.37. The summed E-state index contributed by atoms with van der Waals surface area (Å²) < 4.78 is 38.5. The summed E-state index contributed by atoms with van der Waals surface area (Å²) in [7, 11) is 0. The second-order valence-electron chi connectivity index (χ2n) is 5.16. The molecule has 0 aromatic heterocycles. The summed E-state index contributed by atoms with van der Waals surface area (Å²) >= 11 is 0. The van der Waals surface area contributed by atoms with E-state index in [0.29, 0.717) is 12.5 Å². The van der Waals surface area contributed by atoms with Crippen molar-refractivity contribution in [3.05, 3.63) is 66.9 Å². The van der Waals surface area contributed by atoms with Gasteiger partial charge in [-0.3, -0.25) is 20.2 Å². The van der Waals surface area contributed by atoms with Crippen LogP contribution in [0.4, 0.5) is 13.2 Å². The first-order chi connectivity index (χ1) is 11.1. The molecular weight excluding hydrogens is 335 g/mol. The van der Waals surface area contributed by atoms with Gasteiger partial charge in [0.05, 0.1) is 17.0 Å². The summed E-state index contributed by atoms with van der Waals surface area (Å²) in [6.45, 7) is 0. The van der Waals surface area contributed by atoms with Crippen LogP contribution >= 0.6 is 0 Å². The van der Waals surface area contributed by atoms with Gasteiger partial charge in [-0.15, -0.1) is 0 Å². The van der Waals surface area contributed by atoms with Crippen molar-refractivity contribution >= 4 is 0 Å². The lowest BCUT2D eigenvalue weighted by atomic mass is 9.94. The Bertz CT molecular complexity index is 706. The number of nitrogens with one attached hydrogen (secondary N) is 1. The molecule has 0 saturated heterocycles. The molecule has 0 saturated carbocycles. The molecule has 2 aliphatic rings. The summed E-state index contributed by atoms with van der Waals surface area (Å²) in [4.78, 5) is 20.1. The van der Waals surface area contributed by atoms with Crippen molar-refractivity contribution in [2.75, 3.05) is 0 Å². The smallest absolute Gasteiger partial charge is 0.413 e. The molecular formula is C13H12F3N3O5. The molecule has 0 aromatic rings. The van der Waals surface area contributed by atoms with Crippen molar-refractivity contribution in [3.8, 4) is 0 Å². The van der Waals surface area contributed by atoms with Crippen LogP contribution < -0.4 is 5.32 Å². The number of hydrogen-bond donors (Lipinski definition) is 2. The highest BCUT2D eigenvalue weighted by molar-refractivity contribution is 5.36. The van der Waals surface area contributed by atoms with E-state index in [1.807, 2.05) is 0 Å². The Morgan fingerprint density at radius 2 is 1.96 bits per heavy atom. The van der Waals surface area contributed by atoms with Gasteiger partial charge in [0.2, 0.25) is 0 Å². The van der Waals surface area contributed by atoms with Crippen LogP contribution in [0.15, 0.2) is 46.7 Å². The molecule has 2 rings (SSSR count). The Morgan fingerprint density at radius 1 is 1.29 bits per heavy atom. The number of alkyl halides is 3. The molecule has 0 aromatic carbocycles. The largest absolute Gasteiger partial charge is 0.506 e. The van der Waals surface area contributed by atoms with Gasteiger partial charge in [0.15, 0.2) is 5.70 Å². The van der Waals surface area contributed by atoms with E-state index in [1.165, 1.54) is 6.08 Å². The first-order valence-corrected chi connectivity index (χ1v) is 6.76. The third kappa shape index (κ3) is 3.55. The minimum absolute atomic E-state index is 0.0857. The van der Waals surface area contributed by atoms with Gasteiger partial charge in [0.1, 0.15) is 5.76 Å². The number of nitro groups is 2. The lowest BCUT2D eigenvalue weighted by molar-refractivity contribution is -0.516. The molecule has 2 aliphatic carbocycles. The molecule has 24 heavy (non-hydrogen) atoms. The third-order valence-electron chi connectivity index (χ3n) is 3.58. The van der Waals surface area contributed by atoms with Crippen molar-refractivity contribution in [2.45, 2.75) is 31.5 Å². The van der Waals surface area contributed by atoms with E-state index in [1.54, 1.807) is 6.08 Å². The lowest BCUT2D eigenvalue weighted by Gasteiger charge is -2.23. The number of rotatable bonds is 4. The first-order valence-electron chi connectivity index (χ1n) is 6.76. The average molecular weight is 347 g/mol. The Morgan fingerprint density at radius 3 is 2.46 bits per heavy atom. The van der Waals surface area contributed by atoms with Crippen LogP contribution in [-0.4, -0.2) is 27.2 Å². The zero-order valence-corrected chi connectivity index (χ0v) is 12.0. The van der Waals surface area contributed by atoms with E-state index >= 15 is 0 Å². The number of nitrogens with zero attached hydrogens (tertiary/aromatic N) is 2. The molecule has 0 aliphatic heterocycles. The summed E-state index contributed by atoms with van der Waals surface area (Å²) in [6, 6.07) is -1.96. The zero-order chi connectivity index (χ0) is 18.1. The van der Waals surface area contributed by atoms with Gasteiger partial charge in [-0.1, -0.05) is 6.08 Å². The molecule has 11 heteroatoms.